The van der Waals surface area contributed by atoms with Gasteiger partial charge < -0.3 is 0 Å². The Bertz CT molecular complexity index is 49.3. The molecular weight excluding hydrogens is 175 g/mol. The SMILES string of the molecule is CCCC[Si][Si](Cl)Cl. The lowest BCUT2D eigenvalue weighted by atomic mass is 10.4. The first-order chi connectivity index (χ1) is 3.77. The van der Waals surface area contributed by atoms with Crippen LogP contribution in [0, 0.1) is 0 Å². The highest BCUT2D eigenvalue weighted by atomic mass is 35.7. The molecule has 0 aromatic carbocycles. The van der Waals surface area contributed by atoms with Crippen LogP contribution in [0.4, 0.5) is 0 Å². The molecule has 0 bridgehead atoms. The summed E-state index contributed by atoms with van der Waals surface area (Å²) in [5.41, 5.74) is 0. The third kappa shape index (κ3) is 7.01. The average molecular weight is 184 g/mol. The molecule has 0 aromatic rings. The first kappa shape index (κ1) is 9.01. The molecule has 0 nitrogen and oxygen atoms in total. The molecule has 0 aliphatic carbocycles. The molecule has 0 aliphatic heterocycles. The van der Waals surface area contributed by atoms with Gasteiger partial charge in [0.25, 0.3) is 6.93 Å². The minimum absolute atomic E-state index is 0.828. The number of rotatable bonds is 4. The van der Waals surface area contributed by atoms with Crippen LogP contribution in [0.1, 0.15) is 19.8 Å². The lowest BCUT2D eigenvalue weighted by molar-refractivity contribution is 0.882. The normalized spacial score (nSPS) is 10.5. The summed E-state index contributed by atoms with van der Waals surface area (Å²) < 4.78 is 0. The van der Waals surface area contributed by atoms with Gasteiger partial charge in [0.05, 0.1) is 9.04 Å². The van der Waals surface area contributed by atoms with Gasteiger partial charge in [-0.05, 0) is 0 Å². The van der Waals surface area contributed by atoms with Crippen molar-refractivity contribution in [2.24, 2.45) is 0 Å². The fourth-order valence-electron chi connectivity index (χ4n) is 0.360. The third-order valence-corrected chi connectivity index (χ3v) is 5.62. The van der Waals surface area contributed by atoms with Crippen molar-refractivity contribution >= 4 is 38.1 Å². The smallest absolute Gasteiger partial charge is 0.151 e. The van der Waals surface area contributed by atoms with Crippen LogP contribution in [-0.2, 0) is 0 Å². The molecule has 47 valence electrons. The molecule has 0 N–H and O–H groups in total. The topological polar surface area (TPSA) is 0 Å². The van der Waals surface area contributed by atoms with Gasteiger partial charge in [-0.3, -0.25) is 0 Å². The summed E-state index contributed by atoms with van der Waals surface area (Å²) >= 11 is 11.2. The van der Waals surface area contributed by atoms with E-state index in [2.05, 4.69) is 6.92 Å². The molecule has 0 aliphatic rings. The Labute approximate surface area is 64.2 Å². The number of halogens is 2. The zero-order valence-corrected chi connectivity index (χ0v) is 8.39. The van der Waals surface area contributed by atoms with E-state index in [-0.39, 0.29) is 0 Å². The molecule has 0 spiro atoms. The van der Waals surface area contributed by atoms with Crippen molar-refractivity contribution in [3.05, 3.63) is 0 Å². The highest BCUT2D eigenvalue weighted by Crippen LogP contribution is 2.00. The number of unbranched alkanes of at least 4 members (excludes halogenated alkanes) is 1. The quantitative estimate of drug-likeness (QED) is 0.357. The van der Waals surface area contributed by atoms with Gasteiger partial charge in [0.15, 0.2) is 0 Å². The van der Waals surface area contributed by atoms with Crippen molar-refractivity contribution in [3.8, 4) is 0 Å². The Balaban J connectivity index is 2.72. The standard InChI is InChI=1S/C4H9Cl2Si2/c1-2-3-4-7-8(5)6/h2-4H2,1H3. The van der Waals surface area contributed by atoms with Crippen molar-refractivity contribution in [2.45, 2.75) is 25.8 Å². The second kappa shape index (κ2) is 6.14. The summed E-state index contributed by atoms with van der Waals surface area (Å²) in [6.45, 7) is 1.25. The van der Waals surface area contributed by atoms with Crippen molar-refractivity contribution in [1.82, 2.24) is 0 Å². The molecular formula is C4H9Cl2Si2. The number of hydrogen-bond acceptors (Lipinski definition) is 0. The molecule has 0 unspecified atom stereocenters. The van der Waals surface area contributed by atoms with Gasteiger partial charge in [-0.1, -0.05) is 25.8 Å². The second-order valence-corrected chi connectivity index (χ2v) is 10.2. The van der Waals surface area contributed by atoms with E-state index >= 15 is 0 Å². The van der Waals surface area contributed by atoms with Crippen LogP contribution in [0.25, 0.3) is 0 Å². The molecule has 4 heteroatoms. The summed E-state index contributed by atoms with van der Waals surface area (Å²) in [5.74, 6) is 0. The van der Waals surface area contributed by atoms with E-state index in [0.717, 1.165) is 9.04 Å². The summed E-state index contributed by atoms with van der Waals surface area (Å²) in [6.07, 6.45) is 2.54. The van der Waals surface area contributed by atoms with Crippen molar-refractivity contribution < 1.29 is 0 Å². The zero-order chi connectivity index (χ0) is 6.41. The monoisotopic (exact) mass is 183 g/mol. The molecule has 0 amide bonds. The van der Waals surface area contributed by atoms with Gasteiger partial charge in [0.1, 0.15) is 0 Å². The van der Waals surface area contributed by atoms with Crippen LogP contribution >= 0.6 is 22.2 Å². The summed E-state index contributed by atoms with van der Waals surface area (Å²) in [7, 11) is 0.828. The minimum Gasteiger partial charge on any atom is -0.151 e. The van der Waals surface area contributed by atoms with Crippen LogP contribution in [0.15, 0.2) is 0 Å². The van der Waals surface area contributed by atoms with E-state index in [1.54, 1.807) is 0 Å². The highest BCUT2D eigenvalue weighted by Gasteiger charge is 2.01. The largest absolute Gasteiger partial charge is 0.253 e. The van der Waals surface area contributed by atoms with Crippen LogP contribution in [0.2, 0.25) is 6.04 Å². The predicted molar refractivity (Wildman–Crippen MR) is 42.9 cm³/mol. The fourth-order valence-corrected chi connectivity index (χ4v) is 3.88. The van der Waals surface area contributed by atoms with Crippen molar-refractivity contribution in [3.63, 3.8) is 0 Å². The maximum absolute atomic E-state index is 5.59. The van der Waals surface area contributed by atoms with Gasteiger partial charge in [-0.15, -0.1) is 0 Å². The third-order valence-electron chi connectivity index (χ3n) is 0.789. The molecule has 0 fully saturated rings. The van der Waals surface area contributed by atoms with E-state index in [9.17, 15) is 0 Å². The first-order valence-electron chi connectivity index (χ1n) is 2.69. The summed E-state index contributed by atoms with van der Waals surface area (Å²) in [6, 6.07) is 1.23. The highest BCUT2D eigenvalue weighted by molar-refractivity contribution is 7.56. The molecule has 0 saturated carbocycles. The van der Waals surface area contributed by atoms with E-state index in [1.807, 2.05) is 0 Å². The predicted octanol–water partition coefficient (Wildman–Crippen LogP) is 2.37. The molecule has 0 saturated heterocycles. The molecule has 0 heterocycles. The molecule has 8 heavy (non-hydrogen) atoms. The Morgan fingerprint density at radius 1 is 1.50 bits per heavy atom. The zero-order valence-electron chi connectivity index (χ0n) is 4.88. The average Bonchev–Trinajstić information content (AvgIpc) is 1.66. The van der Waals surface area contributed by atoms with E-state index in [1.165, 1.54) is 18.9 Å². The Morgan fingerprint density at radius 3 is 2.50 bits per heavy atom. The van der Waals surface area contributed by atoms with Gasteiger partial charge in [0.2, 0.25) is 0 Å². The fraction of sp³-hybridized carbons (Fsp3) is 1.00. The maximum Gasteiger partial charge on any atom is 0.253 e. The lowest BCUT2D eigenvalue weighted by Crippen LogP contribution is -2.05. The van der Waals surface area contributed by atoms with Crippen LogP contribution in [-0.4, -0.2) is 16.0 Å². The maximum atomic E-state index is 5.59. The summed E-state index contributed by atoms with van der Waals surface area (Å²) in [4.78, 5) is 0. The number of hydrogen-bond donors (Lipinski definition) is 0. The van der Waals surface area contributed by atoms with E-state index < -0.39 is 6.93 Å². The molecule has 3 radical (unpaired) electrons. The van der Waals surface area contributed by atoms with Gasteiger partial charge >= 0.3 is 0 Å². The Morgan fingerprint density at radius 2 is 2.12 bits per heavy atom. The van der Waals surface area contributed by atoms with Gasteiger partial charge in [-0.25, -0.2) is 0 Å². The van der Waals surface area contributed by atoms with Crippen molar-refractivity contribution in [2.75, 3.05) is 0 Å². The van der Waals surface area contributed by atoms with Crippen LogP contribution in [0.5, 0.6) is 0 Å². The Kier molecular flexibility index (Phi) is 6.92. The molecule has 0 atom stereocenters. The van der Waals surface area contributed by atoms with Gasteiger partial charge in [-0.2, -0.15) is 22.2 Å². The van der Waals surface area contributed by atoms with E-state index in [0.29, 0.717) is 0 Å². The molecule has 0 rings (SSSR count). The van der Waals surface area contributed by atoms with Crippen LogP contribution in [0.3, 0.4) is 0 Å². The van der Waals surface area contributed by atoms with Gasteiger partial charge in [0, 0.05) is 0 Å². The van der Waals surface area contributed by atoms with E-state index in [4.69, 9.17) is 22.2 Å². The van der Waals surface area contributed by atoms with Crippen LogP contribution < -0.4 is 0 Å². The first-order valence-corrected chi connectivity index (χ1v) is 8.42. The minimum atomic E-state index is -0.935. The Hall–Kier alpha value is 1.01. The molecule has 0 aromatic heterocycles. The second-order valence-electron chi connectivity index (χ2n) is 1.54. The summed E-state index contributed by atoms with van der Waals surface area (Å²) in [5, 5.41) is 0. The van der Waals surface area contributed by atoms with Crippen molar-refractivity contribution in [1.29, 1.82) is 0 Å². The lowest BCUT2D eigenvalue weighted by Gasteiger charge is -1.92.